The molecule has 2 aromatic rings. The number of hydrogen-bond acceptors (Lipinski definition) is 6. The molecule has 2 rings (SSSR count). The van der Waals surface area contributed by atoms with E-state index in [2.05, 4.69) is 21.2 Å². The maximum absolute atomic E-state index is 12.5. The number of carbonyl (C=O) groups excluding carboxylic acids is 1. The topological polar surface area (TPSA) is 118 Å². The van der Waals surface area contributed by atoms with E-state index in [1.54, 1.807) is 43.3 Å². The number of carboxylic acids is 1. The van der Waals surface area contributed by atoms with Gasteiger partial charge in [-0.05, 0) is 77.8 Å². The first-order valence-electron chi connectivity index (χ1n) is 9.34. The van der Waals surface area contributed by atoms with Crippen LogP contribution in [0.2, 0.25) is 0 Å². The molecule has 2 aromatic carbocycles. The van der Waals surface area contributed by atoms with E-state index in [4.69, 9.17) is 19.3 Å². The van der Waals surface area contributed by atoms with Crippen LogP contribution in [-0.2, 0) is 9.59 Å². The fourth-order valence-corrected chi connectivity index (χ4v) is 3.10. The largest absolute Gasteiger partial charge is 0.494 e. The molecule has 0 heterocycles. The molecule has 0 aliphatic rings. The molecule has 0 saturated carbocycles. The molecule has 0 atom stereocenters. The first-order valence-corrected chi connectivity index (χ1v) is 10.1. The Bertz CT molecular complexity index is 1010. The van der Waals surface area contributed by atoms with Gasteiger partial charge in [0.05, 0.1) is 17.7 Å². The van der Waals surface area contributed by atoms with Crippen LogP contribution in [0.3, 0.4) is 0 Å². The summed E-state index contributed by atoms with van der Waals surface area (Å²) in [5, 5.41) is 21.0. The van der Waals surface area contributed by atoms with E-state index in [0.29, 0.717) is 34.7 Å². The number of benzene rings is 2. The molecular weight excluding hydrogens is 468 g/mol. The predicted molar refractivity (Wildman–Crippen MR) is 118 cm³/mol. The first kappa shape index (κ1) is 23.8. The number of amides is 1. The summed E-state index contributed by atoms with van der Waals surface area (Å²) in [7, 11) is 0. The van der Waals surface area contributed by atoms with Crippen molar-refractivity contribution in [1.29, 1.82) is 5.26 Å². The number of carbonyl (C=O) groups is 2. The smallest absolute Gasteiger partial charge is 0.341 e. The number of aliphatic carboxylic acids is 1. The van der Waals surface area contributed by atoms with E-state index in [0.717, 1.165) is 0 Å². The lowest BCUT2D eigenvalue weighted by atomic mass is 10.1. The second kappa shape index (κ2) is 11.6. The predicted octanol–water partition coefficient (Wildman–Crippen LogP) is 4.26. The lowest BCUT2D eigenvalue weighted by molar-refractivity contribution is -0.139. The third-order valence-corrected chi connectivity index (χ3v) is 4.36. The summed E-state index contributed by atoms with van der Waals surface area (Å²) < 4.78 is 16.6. The average Bonchev–Trinajstić information content (AvgIpc) is 2.73. The summed E-state index contributed by atoms with van der Waals surface area (Å²) in [6.07, 6.45) is 1.40. The number of nitrogens with zero attached hydrogens (tertiary/aromatic N) is 1. The van der Waals surface area contributed by atoms with E-state index in [1.165, 1.54) is 6.08 Å². The van der Waals surface area contributed by atoms with Crippen molar-refractivity contribution in [3.8, 4) is 23.3 Å². The summed E-state index contributed by atoms with van der Waals surface area (Å²) in [5.41, 5.74) is 0.891. The molecule has 31 heavy (non-hydrogen) atoms. The van der Waals surface area contributed by atoms with Crippen molar-refractivity contribution in [2.45, 2.75) is 13.8 Å². The van der Waals surface area contributed by atoms with Crippen molar-refractivity contribution in [3.05, 3.63) is 52.0 Å². The van der Waals surface area contributed by atoms with Crippen LogP contribution in [0, 0.1) is 11.3 Å². The van der Waals surface area contributed by atoms with Crippen molar-refractivity contribution in [1.82, 2.24) is 0 Å². The van der Waals surface area contributed by atoms with Crippen LogP contribution in [0.1, 0.15) is 19.4 Å². The SMILES string of the molecule is CCOc1ccc(NC(=O)/C(C#N)=C/c2cc(Br)c(OCC(=O)O)c(OCC)c2)cc1. The van der Waals surface area contributed by atoms with Gasteiger partial charge >= 0.3 is 5.97 Å². The number of carboxylic acid groups (broad SMARTS) is 1. The third-order valence-electron chi connectivity index (χ3n) is 3.77. The van der Waals surface area contributed by atoms with E-state index in [9.17, 15) is 14.9 Å². The van der Waals surface area contributed by atoms with E-state index in [-0.39, 0.29) is 17.1 Å². The molecule has 0 aliphatic heterocycles. The highest BCUT2D eigenvalue weighted by Gasteiger charge is 2.15. The lowest BCUT2D eigenvalue weighted by Crippen LogP contribution is -2.13. The van der Waals surface area contributed by atoms with Gasteiger partial charge in [-0.2, -0.15) is 5.26 Å². The Hall–Kier alpha value is -3.51. The molecule has 2 N–H and O–H groups in total. The van der Waals surface area contributed by atoms with Crippen LogP contribution in [0.5, 0.6) is 17.2 Å². The summed E-state index contributed by atoms with van der Waals surface area (Å²) in [6.45, 7) is 3.95. The maximum Gasteiger partial charge on any atom is 0.341 e. The fourth-order valence-electron chi connectivity index (χ4n) is 2.52. The molecule has 0 spiro atoms. The Balaban J connectivity index is 2.26. The van der Waals surface area contributed by atoms with E-state index in [1.807, 2.05) is 13.0 Å². The molecule has 8 nitrogen and oxygen atoms in total. The highest BCUT2D eigenvalue weighted by molar-refractivity contribution is 9.10. The van der Waals surface area contributed by atoms with Crippen molar-refractivity contribution in [3.63, 3.8) is 0 Å². The number of anilines is 1. The Kier molecular flexibility index (Phi) is 8.91. The van der Waals surface area contributed by atoms with Crippen LogP contribution >= 0.6 is 15.9 Å². The van der Waals surface area contributed by atoms with Gasteiger partial charge in [0.25, 0.3) is 5.91 Å². The summed E-state index contributed by atoms with van der Waals surface area (Å²) in [5.74, 6) is -0.523. The van der Waals surface area contributed by atoms with Gasteiger partial charge in [-0.1, -0.05) is 0 Å². The Morgan fingerprint density at radius 3 is 2.39 bits per heavy atom. The molecule has 0 unspecified atom stereocenters. The van der Waals surface area contributed by atoms with Gasteiger partial charge in [0.1, 0.15) is 17.4 Å². The fraction of sp³-hybridized carbons (Fsp3) is 0.227. The summed E-state index contributed by atoms with van der Waals surface area (Å²) in [4.78, 5) is 23.3. The molecule has 0 bridgehead atoms. The van der Waals surface area contributed by atoms with E-state index < -0.39 is 18.5 Å². The lowest BCUT2D eigenvalue weighted by Gasteiger charge is -2.13. The number of halogens is 1. The molecule has 0 aliphatic carbocycles. The molecule has 162 valence electrons. The second-order valence-electron chi connectivity index (χ2n) is 6.03. The average molecular weight is 489 g/mol. The minimum atomic E-state index is -1.13. The monoisotopic (exact) mass is 488 g/mol. The van der Waals surface area contributed by atoms with Crippen LogP contribution < -0.4 is 19.5 Å². The van der Waals surface area contributed by atoms with Gasteiger partial charge in [-0.3, -0.25) is 4.79 Å². The molecule has 0 saturated heterocycles. The molecule has 0 fully saturated rings. The third kappa shape index (κ3) is 7.04. The van der Waals surface area contributed by atoms with Gasteiger partial charge in [-0.15, -0.1) is 0 Å². The van der Waals surface area contributed by atoms with Crippen molar-refractivity contribution >= 4 is 39.6 Å². The van der Waals surface area contributed by atoms with E-state index >= 15 is 0 Å². The quantitative estimate of drug-likeness (QED) is 0.378. The number of rotatable bonds is 10. The molecule has 1 amide bonds. The number of ether oxygens (including phenoxy) is 3. The zero-order valence-corrected chi connectivity index (χ0v) is 18.6. The number of hydrogen-bond donors (Lipinski definition) is 2. The Labute approximate surface area is 188 Å². The van der Waals surface area contributed by atoms with Gasteiger partial charge < -0.3 is 24.6 Å². The standard InChI is InChI=1S/C22H21BrN2O6/c1-3-29-17-7-5-16(6-8-17)25-22(28)15(12-24)9-14-10-18(23)21(31-13-20(26)27)19(11-14)30-4-2/h5-11H,3-4,13H2,1-2H3,(H,25,28)(H,26,27)/b15-9+. The van der Waals surface area contributed by atoms with Crippen LogP contribution in [0.15, 0.2) is 46.4 Å². The minimum absolute atomic E-state index is 0.123. The zero-order chi connectivity index (χ0) is 22.8. The Morgan fingerprint density at radius 2 is 1.81 bits per heavy atom. The first-order chi connectivity index (χ1) is 14.9. The normalized spacial score (nSPS) is 10.7. The van der Waals surface area contributed by atoms with Crippen molar-refractivity contribution in [2.75, 3.05) is 25.1 Å². The van der Waals surface area contributed by atoms with Crippen molar-refractivity contribution < 1.29 is 28.9 Å². The van der Waals surface area contributed by atoms with Crippen LogP contribution in [0.4, 0.5) is 5.69 Å². The highest BCUT2D eigenvalue weighted by atomic mass is 79.9. The molecular formula is C22H21BrN2O6. The zero-order valence-electron chi connectivity index (χ0n) is 17.0. The van der Waals surface area contributed by atoms with Crippen LogP contribution in [-0.4, -0.2) is 36.8 Å². The number of nitriles is 1. The second-order valence-corrected chi connectivity index (χ2v) is 6.88. The van der Waals surface area contributed by atoms with Gasteiger partial charge in [0, 0.05) is 5.69 Å². The Morgan fingerprint density at radius 1 is 1.13 bits per heavy atom. The van der Waals surface area contributed by atoms with Crippen LogP contribution in [0.25, 0.3) is 6.08 Å². The maximum atomic E-state index is 12.5. The summed E-state index contributed by atoms with van der Waals surface area (Å²) >= 11 is 3.32. The van der Waals surface area contributed by atoms with Gasteiger partial charge in [0.15, 0.2) is 18.1 Å². The van der Waals surface area contributed by atoms with Crippen molar-refractivity contribution in [2.24, 2.45) is 0 Å². The minimum Gasteiger partial charge on any atom is -0.494 e. The molecule has 0 radical (unpaired) electrons. The van der Waals surface area contributed by atoms with Gasteiger partial charge in [0.2, 0.25) is 0 Å². The summed E-state index contributed by atoms with van der Waals surface area (Å²) in [6, 6.07) is 11.8. The van der Waals surface area contributed by atoms with Gasteiger partial charge in [-0.25, -0.2) is 4.79 Å². The molecule has 9 heteroatoms. The number of nitrogens with one attached hydrogen (secondary N) is 1. The molecule has 0 aromatic heterocycles. The highest BCUT2D eigenvalue weighted by Crippen LogP contribution is 2.37.